The summed E-state index contributed by atoms with van der Waals surface area (Å²) in [4.78, 5) is 12.1. The molecule has 2 aromatic carbocycles. The van der Waals surface area contributed by atoms with Gasteiger partial charge in [0.25, 0.3) is 5.91 Å². The number of hydrogen-bond donors (Lipinski definition) is 1. The molecule has 0 spiro atoms. The fourth-order valence-corrected chi connectivity index (χ4v) is 2.27. The molecular weight excluding hydrogens is 346 g/mol. The van der Waals surface area contributed by atoms with Crippen LogP contribution in [0.15, 0.2) is 59.2 Å². The molecule has 0 saturated heterocycles. The van der Waals surface area contributed by atoms with Gasteiger partial charge in [-0.2, -0.15) is 0 Å². The zero-order valence-electron chi connectivity index (χ0n) is 15.2. The molecule has 0 atom stereocenters. The van der Waals surface area contributed by atoms with Gasteiger partial charge in [-0.25, -0.2) is 4.63 Å². The first kappa shape index (κ1) is 18.4. The van der Waals surface area contributed by atoms with Crippen molar-refractivity contribution < 1.29 is 18.9 Å². The second-order valence-electron chi connectivity index (χ2n) is 6.34. The molecule has 0 bridgehead atoms. The summed E-state index contributed by atoms with van der Waals surface area (Å²) in [5, 5.41) is 10.3. The van der Waals surface area contributed by atoms with Crippen molar-refractivity contribution in [1.82, 2.24) is 10.3 Å². The number of carbonyl (C=O) groups is 1. The van der Waals surface area contributed by atoms with E-state index < -0.39 is 0 Å². The van der Waals surface area contributed by atoms with Crippen molar-refractivity contribution in [3.63, 3.8) is 0 Å². The molecule has 3 rings (SSSR count). The van der Waals surface area contributed by atoms with E-state index >= 15 is 0 Å². The van der Waals surface area contributed by atoms with Gasteiger partial charge in [-0.15, -0.1) is 0 Å². The van der Waals surface area contributed by atoms with Gasteiger partial charge < -0.3 is 14.8 Å². The van der Waals surface area contributed by atoms with Gasteiger partial charge in [-0.3, -0.25) is 4.79 Å². The van der Waals surface area contributed by atoms with Crippen LogP contribution >= 0.6 is 0 Å². The lowest BCUT2D eigenvalue weighted by Gasteiger charge is -2.09. The third-order valence-corrected chi connectivity index (χ3v) is 3.57. The number of aromatic nitrogens is 2. The number of anilines is 1. The third-order valence-electron chi connectivity index (χ3n) is 3.57. The second-order valence-corrected chi connectivity index (χ2v) is 6.34. The third kappa shape index (κ3) is 5.31. The number of hydrogen-bond acceptors (Lipinski definition) is 6. The van der Waals surface area contributed by atoms with Crippen LogP contribution in [0.1, 0.15) is 13.8 Å². The van der Waals surface area contributed by atoms with E-state index in [4.69, 9.17) is 14.1 Å². The van der Waals surface area contributed by atoms with Crippen molar-refractivity contribution in [2.24, 2.45) is 5.92 Å². The lowest BCUT2D eigenvalue weighted by atomic mass is 10.1. The zero-order chi connectivity index (χ0) is 19.1. The van der Waals surface area contributed by atoms with E-state index in [1.165, 1.54) is 0 Å². The standard InChI is InChI=1S/C20H21N3O4/c1-14(2)12-25-17-10-8-15(9-11-17)19-20(23-27-22-19)21-18(24)13-26-16-6-4-3-5-7-16/h3-11,14H,12-13H2,1-2H3,(H,21,23,24). The minimum Gasteiger partial charge on any atom is -0.493 e. The van der Waals surface area contributed by atoms with Crippen molar-refractivity contribution in [1.29, 1.82) is 0 Å². The smallest absolute Gasteiger partial charge is 0.263 e. The van der Waals surface area contributed by atoms with Crippen LogP contribution in [0.25, 0.3) is 11.3 Å². The molecule has 1 heterocycles. The molecule has 0 fully saturated rings. The number of ether oxygens (including phenoxy) is 2. The molecule has 0 aliphatic carbocycles. The molecule has 1 aromatic heterocycles. The molecule has 0 unspecified atom stereocenters. The molecule has 7 heteroatoms. The quantitative estimate of drug-likeness (QED) is 0.652. The van der Waals surface area contributed by atoms with Crippen molar-refractivity contribution in [3.05, 3.63) is 54.6 Å². The summed E-state index contributed by atoms with van der Waals surface area (Å²) in [5.74, 6) is 1.72. The van der Waals surface area contributed by atoms with Gasteiger partial charge >= 0.3 is 0 Å². The van der Waals surface area contributed by atoms with Crippen LogP contribution in [0.3, 0.4) is 0 Å². The van der Waals surface area contributed by atoms with E-state index in [1.54, 1.807) is 12.1 Å². The largest absolute Gasteiger partial charge is 0.493 e. The first-order valence-corrected chi connectivity index (χ1v) is 8.65. The monoisotopic (exact) mass is 367 g/mol. The lowest BCUT2D eigenvalue weighted by Crippen LogP contribution is -2.20. The Hall–Kier alpha value is -3.35. The SMILES string of the molecule is CC(C)COc1ccc(-c2nonc2NC(=O)COc2ccccc2)cc1. The molecule has 0 radical (unpaired) electrons. The van der Waals surface area contributed by atoms with Crippen molar-refractivity contribution >= 4 is 11.7 Å². The normalized spacial score (nSPS) is 10.6. The van der Waals surface area contributed by atoms with Gasteiger partial charge in [-0.05, 0) is 52.6 Å². The van der Waals surface area contributed by atoms with Gasteiger partial charge in [0, 0.05) is 5.56 Å². The van der Waals surface area contributed by atoms with Gasteiger partial charge in [0.2, 0.25) is 5.82 Å². The van der Waals surface area contributed by atoms with Crippen LogP contribution in [0.2, 0.25) is 0 Å². The molecule has 27 heavy (non-hydrogen) atoms. The number of benzene rings is 2. The minimum absolute atomic E-state index is 0.141. The van der Waals surface area contributed by atoms with E-state index in [2.05, 4.69) is 29.5 Å². The van der Waals surface area contributed by atoms with E-state index in [-0.39, 0.29) is 18.3 Å². The Kier molecular flexibility index (Phi) is 6.04. The first-order chi connectivity index (χ1) is 13.1. The summed E-state index contributed by atoms with van der Waals surface area (Å²) in [6, 6.07) is 16.5. The van der Waals surface area contributed by atoms with E-state index in [9.17, 15) is 4.79 Å². The number of nitrogens with zero attached hydrogens (tertiary/aromatic N) is 2. The topological polar surface area (TPSA) is 86.5 Å². The number of nitrogens with one attached hydrogen (secondary N) is 1. The first-order valence-electron chi connectivity index (χ1n) is 8.65. The maximum atomic E-state index is 12.1. The van der Waals surface area contributed by atoms with Crippen LogP contribution in [0.4, 0.5) is 5.82 Å². The molecule has 7 nitrogen and oxygen atoms in total. The Labute approximate surface area is 157 Å². The van der Waals surface area contributed by atoms with Gasteiger partial charge in [0.1, 0.15) is 11.5 Å². The highest BCUT2D eigenvalue weighted by Crippen LogP contribution is 2.26. The molecule has 1 amide bonds. The summed E-state index contributed by atoms with van der Waals surface area (Å²) in [6.07, 6.45) is 0. The highest BCUT2D eigenvalue weighted by molar-refractivity contribution is 5.94. The van der Waals surface area contributed by atoms with Crippen LogP contribution in [0.5, 0.6) is 11.5 Å². The molecular formula is C20H21N3O4. The Bertz CT molecular complexity index is 860. The van der Waals surface area contributed by atoms with Crippen molar-refractivity contribution in [2.75, 3.05) is 18.5 Å². The van der Waals surface area contributed by atoms with Crippen molar-refractivity contribution in [3.8, 4) is 22.8 Å². The molecule has 3 aromatic rings. The van der Waals surface area contributed by atoms with Crippen LogP contribution in [0, 0.1) is 5.92 Å². The van der Waals surface area contributed by atoms with Crippen LogP contribution in [-0.2, 0) is 4.79 Å². The number of para-hydroxylation sites is 1. The molecule has 1 N–H and O–H groups in total. The summed E-state index contributed by atoms with van der Waals surface area (Å²) < 4.78 is 15.9. The maximum absolute atomic E-state index is 12.1. The number of rotatable bonds is 8. The molecule has 140 valence electrons. The average Bonchev–Trinajstić information content (AvgIpc) is 3.14. The fraction of sp³-hybridized carbons (Fsp3) is 0.250. The van der Waals surface area contributed by atoms with E-state index in [0.717, 1.165) is 11.3 Å². The minimum atomic E-state index is -0.354. The Morgan fingerprint density at radius 3 is 2.41 bits per heavy atom. The average molecular weight is 367 g/mol. The summed E-state index contributed by atoms with van der Waals surface area (Å²) in [6.45, 7) is 4.68. The highest BCUT2D eigenvalue weighted by atomic mass is 16.6. The van der Waals surface area contributed by atoms with E-state index in [1.807, 2.05) is 42.5 Å². The molecule has 0 saturated carbocycles. The van der Waals surface area contributed by atoms with Crippen LogP contribution < -0.4 is 14.8 Å². The fourth-order valence-electron chi connectivity index (χ4n) is 2.27. The van der Waals surface area contributed by atoms with Gasteiger partial charge in [0.15, 0.2) is 12.3 Å². The molecule has 0 aliphatic rings. The summed E-state index contributed by atoms with van der Waals surface area (Å²) >= 11 is 0. The molecule has 0 aliphatic heterocycles. The Morgan fingerprint density at radius 2 is 1.70 bits per heavy atom. The predicted octanol–water partition coefficient (Wildman–Crippen LogP) is 3.79. The Balaban J connectivity index is 1.61. The Morgan fingerprint density at radius 1 is 1.00 bits per heavy atom. The number of amides is 1. The zero-order valence-corrected chi connectivity index (χ0v) is 15.2. The summed E-state index contributed by atoms with van der Waals surface area (Å²) in [5.41, 5.74) is 1.20. The van der Waals surface area contributed by atoms with Crippen molar-refractivity contribution in [2.45, 2.75) is 13.8 Å². The summed E-state index contributed by atoms with van der Waals surface area (Å²) in [7, 11) is 0. The lowest BCUT2D eigenvalue weighted by molar-refractivity contribution is -0.118. The van der Waals surface area contributed by atoms with Gasteiger partial charge in [0.05, 0.1) is 6.61 Å². The number of carbonyl (C=O) groups excluding carboxylic acids is 1. The highest BCUT2D eigenvalue weighted by Gasteiger charge is 2.15. The second kappa shape index (κ2) is 8.84. The van der Waals surface area contributed by atoms with Gasteiger partial charge in [-0.1, -0.05) is 32.0 Å². The van der Waals surface area contributed by atoms with Crippen LogP contribution in [-0.4, -0.2) is 29.4 Å². The predicted molar refractivity (Wildman–Crippen MR) is 101 cm³/mol. The maximum Gasteiger partial charge on any atom is 0.263 e. The van der Waals surface area contributed by atoms with E-state index in [0.29, 0.717) is 24.0 Å².